The number of nitrogens with one attached hydrogen (secondary N) is 1. The van der Waals surface area contributed by atoms with Crippen LogP contribution in [0.3, 0.4) is 0 Å². The topological polar surface area (TPSA) is 80.9 Å². The second-order valence-corrected chi connectivity index (χ2v) is 5.06. The molecule has 2 rings (SSSR count). The zero-order valence-corrected chi connectivity index (χ0v) is 10.7. The van der Waals surface area contributed by atoms with Crippen LogP contribution in [0, 0.1) is 11.8 Å². The van der Waals surface area contributed by atoms with Crippen LogP contribution in [0.5, 0.6) is 0 Å². The van der Waals surface area contributed by atoms with Crippen molar-refractivity contribution in [3.8, 4) is 0 Å². The zero-order chi connectivity index (χ0) is 13.0. The molecule has 1 saturated carbocycles. The molecule has 1 fully saturated rings. The standard InChI is InChI=1S/C13H20N4O/c1-9-4-2-3-5-10(9)6-16-13(18)11-7-15-8-12(14)17-11/h7-10H,2-6H2,1H3,(H2,14,17)(H,16,18). The van der Waals surface area contributed by atoms with Gasteiger partial charge in [0.05, 0.1) is 12.4 Å². The van der Waals surface area contributed by atoms with Crippen LogP contribution in [0.25, 0.3) is 0 Å². The first kappa shape index (κ1) is 12.8. The number of hydrogen-bond donors (Lipinski definition) is 2. The highest BCUT2D eigenvalue weighted by Gasteiger charge is 2.22. The van der Waals surface area contributed by atoms with E-state index in [9.17, 15) is 4.79 Å². The van der Waals surface area contributed by atoms with Gasteiger partial charge in [-0.1, -0.05) is 26.2 Å². The minimum atomic E-state index is -0.187. The summed E-state index contributed by atoms with van der Waals surface area (Å²) in [5.41, 5.74) is 5.79. The highest BCUT2D eigenvalue weighted by molar-refractivity contribution is 5.92. The van der Waals surface area contributed by atoms with Crippen molar-refractivity contribution in [2.45, 2.75) is 32.6 Å². The van der Waals surface area contributed by atoms with E-state index in [0.717, 1.165) is 6.54 Å². The smallest absolute Gasteiger partial charge is 0.271 e. The predicted molar refractivity (Wildman–Crippen MR) is 69.9 cm³/mol. The summed E-state index contributed by atoms with van der Waals surface area (Å²) in [5, 5.41) is 2.93. The average Bonchev–Trinajstić information content (AvgIpc) is 2.37. The minimum Gasteiger partial charge on any atom is -0.382 e. The van der Waals surface area contributed by atoms with Gasteiger partial charge in [0, 0.05) is 6.54 Å². The van der Waals surface area contributed by atoms with E-state index in [1.54, 1.807) is 0 Å². The van der Waals surface area contributed by atoms with E-state index in [4.69, 9.17) is 5.73 Å². The second-order valence-electron chi connectivity index (χ2n) is 5.06. The molecule has 1 aromatic heterocycles. The molecule has 2 atom stereocenters. The second kappa shape index (κ2) is 5.80. The Morgan fingerprint density at radius 1 is 1.44 bits per heavy atom. The van der Waals surface area contributed by atoms with E-state index in [0.29, 0.717) is 17.5 Å². The van der Waals surface area contributed by atoms with E-state index in [1.807, 2.05) is 0 Å². The number of aromatic nitrogens is 2. The highest BCUT2D eigenvalue weighted by Crippen LogP contribution is 2.28. The van der Waals surface area contributed by atoms with Gasteiger partial charge >= 0.3 is 0 Å². The Labute approximate surface area is 107 Å². The molecule has 1 aliphatic carbocycles. The molecule has 1 heterocycles. The Balaban J connectivity index is 1.88. The molecule has 5 nitrogen and oxygen atoms in total. The first-order valence-electron chi connectivity index (χ1n) is 6.52. The van der Waals surface area contributed by atoms with E-state index in [1.165, 1.54) is 38.1 Å². The van der Waals surface area contributed by atoms with Crippen molar-refractivity contribution in [1.29, 1.82) is 0 Å². The Hall–Kier alpha value is -1.65. The molecule has 0 aromatic carbocycles. The molecule has 1 amide bonds. The third-order valence-electron chi connectivity index (χ3n) is 3.70. The van der Waals surface area contributed by atoms with Gasteiger partial charge in [-0.25, -0.2) is 4.98 Å². The van der Waals surface area contributed by atoms with Crippen molar-refractivity contribution in [2.75, 3.05) is 12.3 Å². The van der Waals surface area contributed by atoms with Gasteiger partial charge in [0.2, 0.25) is 0 Å². The van der Waals surface area contributed by atoms with Crippen LogP contribution in [0.4, 0.5) is 5.82 Å². The van der Waals surface area contributed by atoms with Crippen molar-refractivity contribution in [1.82, 2.24) is 15.3 Å². The van der Waals surface area contributed by atoms with Gasteiger partial charge in [-0.05, 0) is 18.3 Å². The van der Waals surface area contributed by atoms with Crippen molar-refractivity contribution in [3.05, 3.63) is 18.1 Å². The van der Waals surface area contributed by atoms with E-state index < -0.39 is 0 Å². The number of hydrogen-bond acceptors (Lipinski definition) is 4. The molecule has 18 heavy (non-hydrogen) atoms. The predicted octanol–water partition coefficient (Wildman–Crippen LogP) is 1.61. The van der Waals surface area contributed by atoms with Crippen molar-refractivity contribution in [2.24, 2.45) is 11.8 Å². The van der Waals surface area contributed by atoms with Gasteiger partial charge in [-0.2, -0.15) is 0 Å². The lowest BCUT2D eigenvalue weighted by Gasteiger charge is -2.28. The van der Waals surface area contributed by atoms with Crippen LogP contribution < -0.4 is 11.1 Å². The van der Waals surface area contributed by atoms with Crippen LogP contribution in [0.1, 0.15) is 43.1 Å². The SMILES string of the molecule is CC1CCCCC1CNC(=O)c1cncc(N)n1. The number of nitrogens with two attached hydrogens (primary N) is 1. The summed E-state index contributed by atoms with van der Waals surface area (Å²) in [7, 11) is 0. The zero-order valence-electron chi connectivity index (χ0n) is 10.7. The molecule has 0 radical (unpaired) electrons. The average molecular weight is 248 g/mol. The molecule has 3 N–H and O–H groups in total. The van der Waals surface area contributed by atoms with Gasteiger partial charge in [0.15, 0.2) is 0 Å². The lowest BCUT2D eigenvalue weighted by atomic mass is 9.80. The van der Waals surface area contributed by atoms with Gasteiger partial charge in [0.1, 0.15) is 11.5 Å². The van der Waals surface area contributed by atoms with E-state index in [-0.39, 0.29) is 11.7 Å². The van der Waals surface area contributed by atoms with Gasteiger partial charge in [-0.15, -0.1) is 0 Å². The third-order valence-corrected chi connectivity index (χ3v) is 3.70. The summed E-state index contributed by atoms with van der Waals surface area (Å²) in [4.78, 5) is 19.7. The maximum atomic E-state index is 11.9. The Kier molecular flexibility index (Phi) is 4.12. The number of carbonyl (C=O) groups excluding carboxylic acids is 1. The van der Waals surface area contributed by atoms with Gasteiger partial charge in [0.25, 0.3) is 5.91 Å². The van der Waals surface area contributed by atoms with Crippen molar-refractivity contribution >= 4 is 11.7 Å². The molecule has 0 bridgehead atoms. The van der Waals surface area contributed by atoms with Crippen molar-refractivity contribution in [3.63, 3.8) is 0 Å². The summed E-state index contributed by atoms with van der Waals surface area (Å²) in [6.45, 7) is 2.98. The fourth-order valence-corrected chi connectivity index (χ4v) is 2.50. The number of carbonyl (C=O) groups is 1. The number of nitrogens with zero attached hydrogens (tertiary/aromatic N) is 2. The fraction of sp³-hybridized carbons (Fsp3) is 0.615. The fourth-order valence-electron chi connectivity index (χ4n) is 2.50. The van der Waals surface area contributed by atoms with Crippen LogP contribution in [0.2, 0.25) is 0 Å². The maximum Gasteiger partial charge on any atom is 0.271 e. The summed E-state index contributed by atoms with van der Waals surface area (Å²) in [6, 6.07) is 0. The molecule has 5 heteroatoms. The first-order chi connectivity index (χ1) is 8.66. The lowest BCUT2D eigenvalue weighted by Crippen LogP contribution is -2.33. The molecule has 2 unspecified atom stereocenters. The molecular weight excluding hydrogens is 228 g/mol. The van der Waals surface area contributed by atoms with Crippen LogP contribution >= 0.6 is 0 Å². The van der Waals surface area contributed by atoms with Crippen LogP contribution in [-0.2, 0) is 0 Å². The Morgan fingerprint density at radius 3 is 2.94 bits per heavy atom. The van der Waals surface area contributed by atoms with E-state index >= 15 is 0 Å². The summed E-state index contributed by atoms with van der Waals surface area (Å²) < 4.78 is 0. The minimum absolute atomic E-state index is 0.187. The Bertz CT molecular complexity index is 421. The van der Waals surface area contributed by atoms with Crippen LogP contribution in [-0.4, -0.2) is 22.4 Å². The largest absolute Gasteiger partial charge is 0.382 e. The first-order valence-corrected chi connectivity index (χ1v) is 6.52. The summed E-state index contributed by atoms with van der Waals surface area (Å²) >= 11 is 0. The molecule has 98 valence electrons. The van der Waals surface area contributed by atoms with Crippen LogP contribution in [0.15, 0.2) is 12.4 Å². The highest BCUT2D eigenvalue weighted by atomic mass is 16.1. The molecule has 0 aliphatic heterocycles. The number of amides is 1. The summed E-state index contributed by atoms with van der Waals surface area (Å²) in [6.07, 6.45) is 7.91. The lowest BCUT2D eigenvalue weighted by molar-refractivity contribution is 0.0931. The Morgan fingerprint density at radius 2 is 2.22 bits per heavy atom. The molecule has 1 aromatic rings. The molecule has 0 spiro atoms. The monoisotopic (exact) mass is 248 g/mol. The number of nitrogen functional groups attached to an aromatic ring is 1. The van der Waals surface area contributed by atoms with Crippen molar-refractivity contribution < 1.29 is 4.79 Å². The van der Waals surface area contributed by atoms with Gasteiger partial charge in [-0.3, -0.25) is 9.78 Å². The third kappa shape index (κ3) is 3.18. The van der Waals surface area contributed by atoms with Gasteiger partial charge < -0.3 is 11.1 Å². The van der Waals surface area contributed by atoms with E-state index in [2.05, 4.69) is 22.2 Å². The summed E-state index contributed by atoms with van der Waals surface area (Å²) in [5.74, 6) is 1.35. The number of anilines is 1. The normalized spacial score (nSPS) is 23.6. The number of rotatable bonds is 3. The molecular formula is C13H20N4O. The molecule has 0 saturated heterocycles. The maximum absolute atomic E-state index is 11.9. The quantitative estimate of drug-likeness (QED) is 0.851. The molecule has 1 aliphatic rings.